The number of nitrogens with zero attached hydrogens (tertiary/aromatic N) is 4. The molecule has 0 spiro atoms. The molecule has 0 bridgehead atoms. The van der Waals surface area contributed by atoms with Gasteiger partial charge in [-0.25, -0.2) is 15.0 Å². The second kappa shape index (κ2) is 7.62. The maximum atomic E-state index is 13.4. The third kappa shape index (κ3) is 3.86. The summed E-state index contributed by atoms with van der Waals surface area (Å²) in [6, 6.07) is 8.17. The average Bonchev–Trinajstić information content (AvgIpc) is 3.25. The number of pyridine rings is 1. The van der Waals surface area contributed by atoms with Crippen LogP contribution in [0, 0.1) is 0 Å². The van der Waals surface area contributed by atoms with Crippen LogP contribution in [0.15, 0.2) is 41.7 Å². The number of rotatable bonds is 4. The average molecular weight is 455 g/mol. The molecule has 0 N–H and O–H groups in total. The molecule has 4 nitrogen and oxygen atoms in total. The van der Waals surface area contributed by atoms with E-state index in [9.17, 15) is 13.2 Å². The first kappa shape index (κ1) is 20.2. The van der Waals surface area contributed by atoms with Gasteiger partial charge in [0.05, 0.1) is 22.2 Å². The summed E-state index contributed by atoms with van der Waals surface area (Å²) in [7, 11) is 1.74. The quantitative estimate of drug-likeness (QED) is 0.328. The van der Waals surface area contributed by atoms with Crippen LogP contribution in [0.3, 0.4) is 0 Å². The van der Waals surface area contributed by atoms with Crippen LogP contribution in [-0.2, 0) is 13.2 Å². The van der Waals surface area contributed by atoms with Crippen molar-refractivity contribution in [2.24, 2.45) is 7.05 Å². The zero-order valence-electron chi connectivity index (χ0n) is 15.3. The van der Waals surface area contributed by atoms with Crippen molar-refractivity contribution < 1.29 is 13.2 Å². The molecule has 0 saturated carbocycles. The number of imidazole rings is 1. The van der Waals surface area contributed by atoms with E-state index in [2.05, 4.69) is 15.0 Å². The molecule has 4 rings (SSSR count). The smallest absolute Gasteiger partial charge is 0.332 e. The van der Waals surface area contributed by atoms with Gasteiger partial charge in [-0.05, 0) is 24.0 Å². The van der Waals surface area contributed by atoms with Crippen LogP contribution >= 0.6 is 34.7 Å². The zero-order chi connectivity index (χ0) is 20.8. The lowest BCUT2D eigenvalue weighted by Gasteiger charge is -2.10. The van der Waals surface area contributed by atoms with Gasteiger partial charge in [0, 0.05) is 17.6 Å². The number of fused-ring (bicyclic) bond motifs is 1. The van der Waals surface area contributed by atoms with E-state index in [4.69, 9.17) is 11.6 Å². The van der Waals surface area contributed by atoms with Gasteiger partial charge in [0.25, 0.3) is 0 Å². The lowest BCUT2D eigenvalue weighted by Crippen LogP contribution is -2.09. The highest BCUT2D eigenvalue weighted by Crippen LogP contribution is 2.43. The van der Waals surface area contributed by atoms with Crippen molar-refractivity contribution in [1.29, 1.82) is 0 Å². The molecular weight excluding hydrogens is 441 g/mol. The molecule has 1 aromatic carbocycles. The molecule has 0 amide bonds. The Morgan fingerprint density at radius 2 is 1.90 bits per heavy atom. The van der Waals surface area contributed by atoms with Gasteiger partial charge in [0.15, 0.2) is 0 Å². The number of thioether (sulfide) groups is 1. The molecule has 0 radical (unpaired) electrons. The fourth-order valence-electron chi connectivity index (χ4n) is 2.89. The van der Waals surface area contributed by atoms with Gasteiger partial charge in [-0.2, -0.15) is 13.2 Å². The minimum atomic E-state index is -4.57. The predicted octanol–water partition coefficient (Wildman–Crippen LogP) is 6.54. The Kier molecular flexibility index (Phi) is 5.30. The summed E-state index contributed by atoms with van der Waals surface area (Å²) >= 11 is 8.74. The molecule has 0 aliphatic carbocycles. The predicted molar refractivity (Wildman–Crippen MR) is 111 cm³/mol. The molecule has 0 saturated heterocycles. The van der Waals surface area contributed by atoms with Crippen molar-refractivity contribution in [3.05, 3.63) is 47.4 Å². The van der Waals surface area contributed by atoms with Gasteiger partial charge in [-0.15, -0.1) is 23.1 Å². The number of hydrogen-bond acceptors (Lipinski definition) is 5. The first-order valence-corrected chi connectivity index (χ1v) is 10.7. The maximum absolute atomic E-state index is 13.4. The van der Waals surface area contributed by atoms with Crippen molar-refractivity contribution in [3.63, 3.8) is 0 Å². The minimum absolute atomic E-state index is 0.239. The summed E-state index contributed by atoms with van der Waals surface area (Å²) in [6.07, 6.45) is -3.08. The van der Waals surface area contributed by atoms with Crippen molar-refractivity contribution in [1.82, 2.24) is 19.5 Å². The van der Waals surface area contributed by atoms with Gasteiger partial charge >= 0.3 is 6.18 Å². The summed E-state index contributed by atoms with van der Waals surface area (Å²) in [6.45, 7) is 1.97. The normalized spacial score (nSPS) is 12.1. The van der Waals surface area contributed by atoms with Gasteiger partial charge in [-0.3, -0.25) is 0 Å². The molecule has 4 aromatic rings. The summed E-state index contributed by atoms with van der Waals surface area (Å²) in [5.74, 6) is 0.726. The highest BCUT2D eigenvalue weighted by Gasteiger charge is 2.35. The first-order chi connectivity index (χ1) is 13.8. The molecule has 3 heterocycles. The Hall–Kier alpha value is -2.10. The Bertz CT molecular complexity index is 1180. The standard InChI is InChI=1S/C19H14ClF3N4S2/c1-3-28-18-16(29-17(26-18)10-4-6-11(20)7-5-10)14-15-12(24-9-27(15)2)8-13(25-14)19(21,22)23/h4-9H,3H2,1-2H3. The molecule has 3 aromatic heterocycles. The van der Waals surface area contributed by atoms with Crippen LogP contribution < -0.4 is 0 Å². The van der Waals surface area contributed by atoms with Crippen molar-refractivity contribution >= 4 is 45.7 Å². The summed E-state index contributed by atoms with van der Waals surface area (Å²) in [5, 5.41) is 1.95. The van der Waals surface area contributed by atoms with Crippen molar-refractivity contribution in [2.75, 3.05) is 5.75 Å². The second-order valence-corrected chi connectivity index (χ2v) is 8.86. The molecule has 150 valence electrons. The fraction of sp³-hybridized carbons (Fsp3) is 0.211. The van der Waals surface area contributed by atoms with Crippen LogP contribution in [0.4, 0.5) is 13.2 Å². The summed E-state index contributed by atoms with van der Waals surface area (Å²) < 4.78 is 42.0. The molecule has 29 heavy (non-hydrogen) atoms. The molecular formula is C19H14ClF3N4S2. The second-order valence-electron chi connectivity index (χ2n) is 6.17. The third-order valence-corrected chi connectivity index (χ3v) is 6.52. The monoisotopic (exact) mass is 454 g/mol. The number of benzene rings is 1. The number of thiazole rings is 1. The van der Waals surface area contributed by atoms with Crippen LogP contribution in [0.25, 0.3) is 32.2 Å². The van der Waals surface area contributed by atoms with E-state index in [1.807, 2.05) is 19.1 Å². The molecule has 10 heteroatoms. The van der Waals surface area contributed by atoms with E-state index in [1.54, 1.807) is 23.7 Å². The van der Waals surface area contributed by atoms with Crippen LogP contribution in [0.5, 0.6) is 0 Å². The molecule has 0 aliphatic heterocycles. The number of hydrogen-bond donors (Lipinski definition) is 0. The largest absolute Gasteiger partial charge is 0.433 e. The summed E-state index contributed by atoms with van der Waals surface area (Å²) in [4.78, 5) is 13.4. The number of alkyl halides is 3. The molecule has 0 aliphatic rings. The molecule has 0 fully saturated rings. The zero-order valence-corrected chi connectivity index (χ0v) is 17.7. The lowest BCUT2D eigenvalue weighted by atomic mass is 10.2. The number of aryl methyl sites for hydroxylation is 1. The highest BCUT2D eigenvalue weighted by atomic mass is 35.5. The first-order valence-electron chi connectivity index (χ1n) is 8.57. The number of aromatic nitrogens is 4. The van der Waals surface area contributed by atoms with Gasteiger partial charge in [-0.1, -0.05) is 30.7 Å². The van der Waals surface area contributed by atoms with Gasteiger partial charge in [0.2, 0.25) is 0 Å². The van der Waals surface area contributed by atoms with Crippen molar-refractivity contribution in [3.8, 4) is 21.1 Å². The number of halogens is 4. The van der Waals surface area contributed by atoms with E-state index in [1.165, 1.54) is 29.4 Å². The van der Waals surface area contributed by atoms with E-state index in [0.29, 0.717) is 25.5 Å². The minimum Gasteiger partial charge on any atom is -0.332 e. The Morgan fingerprint density at radius 1 is 1.17 bits per heavy atom. The van der Waals surface area contributed by atoms with E-state index >= 15 is 0 Å². The Balaban J connectivity index is 1.97. The van der Waals surface area contributed by atoms with E-state index < -0.39 is 11.9 Å². The third-order valence-electron chi connectivity index (χ3n) is 4.17. The Morgan fingerprint density at radius 3 is 2.55 bits per heavy atom. The lowest BCUT2D eigenvalue weighted by molar-refractivity contribution is -0.141. The van der Waals surface area contributed by atoms with Crippen molar-refractivity contribution in [2.45, 2.75) is 18.1 Å². The summed E-state index contributed by atoms with van der Waals surface area (Å²) in [5.41, 5.74) is 0.911. The maximum Gasteiger partial charge on any atom is 0.433 e. The fourth-order valence-corrected chi connectivity index (χ4v) is 4.99. The SMILES string of the molecule is CCSc1nc(-c2ccc(Cl)cc2)sc1-c1nc(C(F)(F)F)cc2ncn(C)c12. The highest BCUT2D eigenvalue weighted by molar-refractivity contribution is 7.99. The van der Waals surface area contributed by atoms with E-state index in [-0.39, 0.29) is 11.2 Å². The Labute approximate surface area is 177 Å². The van der Waals surface area contributed by atoms with Crippen LogP contribution in [0.2, 0.25) is 5.02 Å². The molecule has 0 unspecified atom stereocenters. The van der Waals surface area contributed by atoms with Crippen LogP contribution in [0.1, 0.15) is 12.6 Å². The van der Waals surface area contributed by atoms with E-state index in [0.717, 1.165) is 17.4 Å². The van der Waals surface area contributed by atoms with Crippen LogP contribution in [-0.4, -0.2) is 25.3 Å². The molecule has 0 atom stereocenters. The topological polar surface area (TPSA) is 43.6 Å². The van der Waals surface area contributed by atoms with Gasteiger partial charge < -0.3 is 4.57 Å². The van der Waals surface area contributed by atoms with Gasteiger partial charge in [0.1, 0.15) is 21.4 Å².